The predicted octanol–water partition coefficient (Wildman–Crippen LogP) is 4.05. The number of rotatable bonds is 3. The lowest BCUT2D eigenvalue weighted by Crippen LogP contribution is -2.34. The van der Waals surface area contributed by atoms with Gasteiger partial charge >= 0.3 is 0 Å². The van der Waals surface area contributed by atoms with Crippen LogP contribution in [0.15, 0.2) is 18.2 Å². The van der Waals surface area contributed by atoms with Crippen LogP contribution in [0, 0.1) is 11.7 Å². The minimum Gasteiger partial charge on any atom is -0.331 e. The summed E-state index contributed by atoms with van der Waals surface area (Å²) in [4.78, 5) is 5.92. The third-order valence-corrected chi connectivity index (χ3v) is 4.65. The van der Waals surface area contributed by atoms with Gasteiger partial charge in [0, 0.05) is 12.6 Å². The fraction of sp³-hybridized carbons (Fsp3) is 0.562. The van der Waals surface area contributed by atoms with Gasteiger partial charge in [-0.05, 0) is 63.6 Å². The van der Waals surface area contributed by atoms with Crippen LogP contribution in [0.1, 0.15) is 37.8 Å². The summed E-state index contributed by atoms with van der Waals surface area (Å²) in [5.74, 6) is 0. The van der Waals surface area contributed by atoms with Crippen molar-refractivity contribution in [2.75, 3.05) is 19.6 Å². The Morgan fingerprint density at radius 3 is 2.75 bits per heavy atom. The van der Waals surface area contributed by atoms with Crippen LogP contribution in [-0.2, 0) is 0 Å². The highest BCUT2D eigenvalue weighted by molar-refractivity contribution is 7.71. The number of piperidine rings is 1. The second-order valence-electron chi connectivity index (χ2n) is 5.98. The van der Waals surface area contributed by atoms with Gasteiger partial charge < -0.3 is 14.5 Å². The van der Waals surface area contributed by atoms with Crippen molar-refractivity contribution in [3.05, 3.63) is 28.5 Å². The number of para-hydroxylation sites is 1. The molecule has 0 spiro atoms. The number of H-pyrrole nitrogens is 1. The third kappa shape index (κ3) is 2.54. The Morgan fingerprint density at radius 1 is 1.25 bits per heavy atom. The Bertz CT molecular complexity index is 649. The van der Waals surface area contributed by atoms with Crippen molar-refractivity contribution in [3.63, 3.8) is 0 Å². The van der Waals surface area contributed by atoms with E-state index in [1.54, 1.807) is 0 Å². The topological polar surface area (TPSA) is 24.0 Å². The summed E-state index contributed by atoms with van der Waals surface area (Å²) < 4.78 is 3.15. The second kappa shape index (κ2) is 5.70. The molecule has 1 fully saturated rings. The van der Waals surface area contributed by atoms with E-state index < -0.39 is 0 Å². The zero-order valence-corrected chi connectivity index (χ0v) is 13.2. The summed E-state index contributed by atoms with van der Waals surface area (Å²) >= 11 is 5.55. The van der Waals surface area contributed by atoms with E-state index >= 15 is 0 Å². The van der Waals surface area contributed by atoms with E-state index in [0.717, 1.165) is 16.8 Å². The van der Waals surface area contributed by atoms with Gasteiger partial charge in [-0.15, -0.1) is 0 Å². The first-order chi connectivity index (χ1) is 9.66. The van der Waals surface area contributed by atoms with Crippen molar-refractivity contribution in [2.45, 2.75) is 39.2 Å². The summed E-state index contributed by atoms with van der Waals surface area (Å²) in [6.45, 7) is 8.01. The van der Waals surface area contributed by atoms with Gasteiger partial charge in [0.25, 0.3) is 0 Å². The first-order valence-electron chi connectivity index (χ1n) is 7.59. The molecule has 0 saturated carbocycles. The van der Waals surface area contributed by atoms with Gasteiger partial charge in [0.1, 0.15) is 0 Å². The molecule has 20 heavy (non-hydrogen) atoms. The number of aryl methyl sites for hydroxylation is 1. The molecule has 1 aromatic carbocycles. The van der Waals surface area contributed by atoms with Gasteiger partial charge in [0.15, 0.2) is 4.77 Å². The highest BCUT2D eigenvalue weighted by Gasteiger charge is 2.17. The molecule has 0 radical (unpaired) electrons. The van der Waals surface area contributed by atoms with E-state index in [9.17, 15) is 0 Å². The fourth-order valence-electron chi connectivity index (χ4n) is 3.37. The first kappa shape index (κ1) is 13.8. The van der Waals surface area contributed by atoms with Gasteiger partial charge in [-0.25, -0.2) is 0 Å². The van der Waals surface area contributed by atoms with Gasteiger partial charge in [-0.1, -0.05) is 18.6 Å². The van der Waals surface area contributed by atoms with Gasteiger partial charge in [0.2, 0.25) is 0 Å². The number of hydrogen-bond acceptors (Lipinski definition) is 2. The van der Waals surface area contributed by atoms with E-state index in [-0.39, 0.29) is 0 Å². The van der Waals surface area contributed by atoms with Crippen LogP contribution in [0.3, 0.4) is 0 Å². The Morgan fingerprint density at radius 2 is 2.00 bits per heavy atom. The number of imidazole rings is 1. The average Bonchev–Trinajstić information content (AvgIpc) is 2.77. The molecule has 3 rings (SSSR count). The monoisotopic (exact) mass is 289 g/mol. The lowest BCUT2D eigenvalue weighted by Gasteiger charge is -2.29. The van der Waals surface area contributed by atoms with Crippen molar-refractivity contribution in [2.24, 2.45) is 0 Å². The summed E-state index contributed by atoms with van der Waals surface area (Å²) in [6, 6.07) is 6.77. The number of aromatic nitrogens is 2. The lowest BCUT2D eigenvalue weighted by molar-refractivity contribution is 0.202. The quantitative estimate of drug-likeness (QED) is 0.862. The van der Waals surface area contributed by atoms with Gasteiger partial charge in [0.05, 0.1) is 11.0 Å². The number of aromatic amines is 1. The van der Waals surface area contributed by atoms with Crippen LogP contribution in [0.2, 0.25) is 0 Å². The molecule has 1 atom stereocenters. The summed E-state index contributed by atoms with van der Waals surface area (Å²) in [7, 11) is 0. The average molecular weight is 289 g/mol. The van der Waals surface area contributed by atoms with Crippen LogP contribution in [0.25, 0.3) is 11.0 Å². The second-order valence-corrected chi connectivity index (χ2v) is 6.37. The molecule has 2 heterocycles. The Kier molecular flexibility index (Phi) is 3.94. The van der Waals surface area contributed by atoms with Gasteiger partial charge in [-0.2, -0.15) is 0 Å². The van der Waals surface area contributed by atoms with Crippen molar-refractivity contribution in [1.29, 1.82) is 0 Å². The van der Waals surface area contributed by atoms with Crippen molar-refractivity contribution >= 4 is 23.3 Å². The predicted molar refractivity (Wildman–Crippen MR) is 86.9 cm³/mol. The number of nitrogens with zero attached hydrogens (tertiary/aromatic N) is 2. The van der Waals surface area contributed by atoms with Crippen molar-refractivity contribution in [1.82, 2.24) is 14.5 Å². The molecule has 1 aliphatic rings. The molecular weight excluding hydrogens is 266 g/mol. The SMILES string of the molecule is Cc1cccc2[nH]c(=S)n(C(C)CN3CCCCC3)c12. The minimum atomic E-state index is 0.412. The number of hydrogen-bond donors (Lipinski definition) is 1. The molecule has 4 heteroatoms. The largest absolute Gasteiger partial charge is 0.331 e. The maximum Gasteiger partial charge on any atom is 0.178 e. The molecule has 1 saturated heterocycles. The van der Waals surface area contributed by atoms with E-state index in [1.165, 1.54) is 43.4 Å². The Labute approximate surface area is 125 Å². The van der Waals surface area contributed by atoms with Crippen molar-refractivity contribution < 1.29 is 0 Å². The zero-order chi connectivity index (χ0) is 14.1. The first-order valence-corrected chi connectivity index (χ1v) is 8.00. The van der Waals surface area contributed by atoms with Crippen molar-refractivity contribution in [3.8, 4) is 0 Å². The Hall–Kier alpha value is -1.13. The molecule has 0 bridgehead atoms. The van der Waals surface area contributed by atoms with Crippen LogP contribution >= 0.6 is 12.2 Å². The maximum atomic E-state index is 5.55. The standard InChI is InChI=1S/C16H23N3S/c1-12-7-6-8-14-15(12)19(16(20)17-14)13(2)11-18-9-4-3-5-10-18/h6-8,13H,3-5,9-11H2,1-2H3,(H,17,20). The summed E-state index contributed by atoms with van der Waals surface area (Å²) in [5, 5.41) is 0. The molecular formula is C16H23N3S. The van der Waals surface area contributed by atoms with Crippen LogP contribution in [0.5, 0.6) is 0 Å². The lowest BCUT2D eigenvalue weighted by atomic mass is 10.1. The molecule has 0 amide bonds. The van der Waals surface area contributed by atoms with E-state index in [1.807, 2.05) is 0 Å². The molecule has 1 aliphatic heterocycles. The minimum absolute atomic E-state index is 0.412. The molecule has 0 aliphatic carbocycles. The summed E-state index contributed by atoms with van der Waals surface area (Å²) in [6.07, 6.45) is 4.06. The molecule has 108 valence electrons. The molecule has 1 unspecified atom stereocenters. The van der Waals surface area contributed by atoms with Crippen LogP contribution in [0.4, 0.5) is 0 Å². The summed E-state index contributed by atoms with van der Waals surface area (Å²) in [5.41, 5.74) is 3.71. The van der Waals surface area contributed by atoms with E-state index in [4.69, 9.17) is 12.2 Å². The number of benzene rings is 1. The number of likely N-dealkylation sites (tertiary alicyclic amines) is 1. The van der Waals surface area contributed by atoms with Crippen LogP contribution in [-0.4, -0.2) is 34.1 Å². The zero-order valence-electron chi connectivity index (χ0n) is 12.4. The normalized spacial score (nSPS) is 18.5. The van der Waals surface area contributed by atoms with E-state index in [0.29, 0.717) is 6.04 Å². The maximum absolute atomic E-state index is 5.55. The highest BCUT2D eigenvalue weighted by atomic mass is 32.1. The third-order valence-electron chi connectivity index (χ3n) is 4.35. The fourth-order valence-corrected chi connectivity index (χ4v) is 3.76. The molecule has 2 aromatic rings. The Balaban J connectivity index is 1.92. The number of nitrogens with one attached hydrogen (secondary N) is 1. The smallest absolute Gasteiger partial charge is 0.178 e. The van der Waals surface area contributed by atoms with Crippen LogP contribution < -0.4 is 0 Å². The van der Waals surface area contributed by atoms with Gasteiger partial charge in [-0.3, -0.25) is 0 Å². The van der Waals surface area contributed by atoms with E-state index in [2.05, 4.69) is 46.5 Å². The molecule has 1 N–H and O–H groups in total. The molecule has 1 aromatic heterocycles. The molecule has 3 nitrogen and oxygen atoms in total. The number of fused-ring (bicyclic) bond motifs is 1. The highest BCUT2D eigenvalue weighted by Crippen LogP contribution is 2.23.